The van der Waals surface area contributed by atoms with Gasteiger partial charge in [0, 0.05) is 11.8 Å². The molecule has 0 aliphatic heterocycles. The standard InChI is InChI=1S/C28H42FNO/c1-3-5-7-9-10-12-22-31-27-19-16-25(17-20-27)28-21-15-24(23-30-28)14-18-26(29)13-11-8-6-4-2/h15-17,19-21,23,26H,3-14,18,22H2,1-2H3. The third-order valence-electron chi connectivity index (χ3n) is 5.86. The van der Waals surface area contributed by atoms with Crippen LogP contribution in [0.4, 0.5) is 4.39 Å². The van der Waals surface area contributed by atoms with Gasteiger partial charge in [-0.05, 0) is 61.6 Å². The average molecular weight is 428 g/mol. The van der Waals surface area contributed by atoms with E-state index in [1.807, 2.05) is 24.4 Å². The Morgan fingerprint density at radius 2 is 1.45 bits per heavy atom. The van der Waals surface area contributed by atoms with Crippen molar-refractivity contribution < 1.29 is 9.13 Å². The number of rotatable bonds is 17. The third-order valence-corrected chi connectivity index (χ3v) is 5.86. The normalized spacial score (nSPS) is 12.1. The van der Waals surface area contributed by atoms with Crippen molar-refractivity contribution in [2.24, 2.45) is 0 Å². The molecule has 0 spiro atoms. The Morgan fingerprint density at radius 1 is 0.774 bits per heavy atom. The molecule has 2 rings (SSSR count). The molecule has 1 aromatic carbocycles. The summed E-state index contributed by atoms with van der Waals surface area (Å²) in [7, 11) is 0. The molecule has 31 heavy (non-hydrogen) atoms. The van der Waals surface area contributed by atoms with E-state index in [0.29, 0.717) is 12.8 Å². The molecule has 0 amide bonds. The Balaban J connectivity index is 1.69. The molecule has 1 unspecified atom stereocenters. The van der Waals surface area contributed by atoms with E-state index in [1.165, 1.54) is 44.9 Å². The first-order valence-electron chi connectivity index (χ1n) is 12.5. The number of benzene rings is 1. The number of aryl methyl sites for hydroxylation is 1. The molecular formula is C28H42FNO. The van der Waals surface area contributed by atoms with Crippen LogP contribution < -0.4 is 4.74 Å². The van der Waals surface area contributed by atoms with Crippen LogP contribution in [0.15, 0.2) is 42.6 Å². The second kappa shape index (κ2) is 15.8. The summed E-state index contributed by atoms with van der Waals surface area (Å²) < 4.78 is 19.9. The van der Waals surface area contributed by atoms with Gasteiger partial charge in [-0.1, -0.05) is 77.7 Å². The summed E-state index contributed by atoms with van der Waals surface area (Å²) in [6, 6.07) is 12.3. The van der Waals surface area contributed by atoms with Crippen LogP contribution in [-0.4, -0.2) is 17.8 Å². The summed E-state index contributed by atoms with van der Waals surface area (Å²) in [5, 5.41) is 0. The van der Waals surface area contributed by atoms with Gasteiger partial charge in [0.25, 0.3) is 0 Å². The number of hydrogen-bond donors (Lipinski definition) is 0. The van der Waals surface area contributed by atoms with Crippen LogP contribution in [0.3, 0.4) is 0 Å². The minimum atomic E-state index is -0.694. The molecule has 0 bridgehead atoms. The summed E-state index contributed by atoms with van der Waals surface area (Å²) in [5.74, 6) is 0.918. The molecule has 0 saturated heterocycles. The molecule has 0 saturated carbocycles. The van der Waals surface area contributed by atoms with E-state index in [-0.39, 0.29) is 0 Å². The highest BCUT2D eigenvalue weighted by Gasteiger charge is 2.07. The van der Waals surface area contributed by atoms with E-state index in [4.69, 9.17) is 4.74 Å². The SMILES string of the molecule is CCCCCCCCOc1ccc(-c2ccc(CCC(F)CCCCCC)cn2)cc1. The number of ether oxygens (including phenoxy) is 1. The van der Waals surface area contributed by atoms with Gasteiger partial charge < -0.3 is 4.74 Å². The molecular weight excluding hydrogens is 385 g/mol. The Hall–Kier alpha value is -1.90. The fraction of sp³-hybridized carbons (Fsp3) is 0.607. The molecule has 0 aliphatic carbocycles. The first-order chi connectivity index (χ1) is 15.2. The van der Waals surface area contributed by atoms with Crippen molar-refractivity contribution in [2.75, 3.05) is 6.61 Å². The second-order valence-corrected chi connectivity index (χ2v) is 8.68. The quantitative estimate of drug-likeness (QED) is 0.235. The largest absolute Gasteiger partial charge is 0.494 e. The Morgan fingerprint density at radius 3 is 2.13 bits per heavy atom. The van der Waals surface area contributed by atoms with Crippen LogP contribution in [0, 0.1) is 0 Å². The number of nitrogens with zero attached hydrogens (tertiary/aromatic N) is 1. The zero-order chi connectivity index (χ0) is 22.2. The number of unbranched alkanes of at least 4 members (excludes halogenated alkanes) is 8. The number of pyridine rings is 1. The van der Waals surface area contributed by atoms with Crippen LogP contribution >= 0.6 is 0 Å². The van der Waals surface area contributed by atoms with Gasteiger partial charge in [0.05, 0.1) is 12.3 Å². The van der Waals surface area contributed by atoms with Crippen LogP contribution in [0.2, 0.25) is 0 Å². The zero-order valence-corrected chi connectivity index (χ0v) is 19.8. The highest BCUT2D eigenvalue weighted by Crippen LogP contribution is 2.22. The van der Waals surface area contributed by atoms with Crippen LogP contribution in [-0.2, 0) is 6.42 Å². The molecule has 0 aliphatic rings. The maximum Gasteiger partial charge on any atom is 0.119 e. The second-order valence-electron chi connectivity index (χ2n) is 8.68. The van der Waals surface area contributed by atoms with Crippen molar-refractivity contribution in [3.63, 3.8) is 0 Å². The lowest BCUT2D eigenvalue weighted by Gasteiger charge is -2.09. The van der Waals surface area contributed by atoms with Crippen molar-refractivity contribution >= 4 is 0 Å². The minimum Gasteiger partial charge on any atom is -0.494 e. The van der Waals surface area contributed by atoms with Crippen LogP contribution in [0.25, 0.3) is 11.3 Å². The number of halogens is 1. The first-order valence-corrected chi connectivity index (χ1v) is 12.5. The highest BCUT2D eigenvalue weighted by atomic mass is 19.1. The topological polar surface area (TPSA) is 22.1 Å². The summed E-state index contributed by atoms with van der Waals surface area (Å²) in [5.41, 5.74) is 3.14. The maximum atomic E-state index is 14.0. The van der Waals surface area contributed by atoms with Gasteiger partial charge in [-0.3, -0.25) is 4.98 Å². The monoisotopic (exact) mass is 427 g/mol. The minimum absolute atomic E-state index is 0.595. The average Bonchev–Trinajstić information content (AvgIpc) is 2.81. The molecule has 1 aromatic heterocycles. The van der Waals surface area contributed by atoms with Crippen molar-refractivity contribution in [2.45, 2.75) is 103 Å². The fourth-order valence-electron chi connectivity index (χ4n) is 3.80. The molecule has 0 fully saturated rings. The molecule has 0 radical (unpaired) electrons. The molecule has 1 heterocycles. The third kappa shape index (κ3) is 10.8. The van der Waals surface area contributed by atoms with Gasteiger partial charge in [0.2, 0.25) is 0 Å². The Bertz CT molecular complexity index is 683. The Kier molecular flexibility index (Phi) is 13.0. The van der Waals surface area contributed by atoms with E-state index >= 15 is 0 Å². The predicted octanol–water partition coefficient (Wildman–Crippen LogP) is 8.73. The molecule has 0 N–H and O–H groups in total. The van der Waals surface area contributed by atoms with Gasteiger partial charge in [0.15, 0.2) is 0 Å². The van der Waals surface area contributed by atoms with Crippen molar-refractivity contribution in [3.05, 3.63) is 48.2 Å². The lowest BCUT2D eigenvalue weighted by atomic mass is 10.0. The Labute approximate surface area is 189 Å². The summed E-state index contributed by atoms with van der Waals surface area (Å²) in [6.07, 6.45) is 15.4. The van der Waals surface area contributed by atoms with Crippen molar-refractivity contribution in [1.29, 1.82) is 0 Å². The number of alkyl halides is 1. The van der Waals surface area contributed by atoms with Crippen molar-refractivity contribution in [1.82, 2.24) is 4.98 Å². The molecule has 3 heteroatoms. The van der Waals surface area contributed by atoms with Gasteiger partial charge in [-0.2, -0.15) is 0 Å². The molecule has 2 aromatic rings. The zero-order valence-electron chi connectivity index (χ0n) is 19.8. The molecule has 1 atom stereocenters. The smallest absolute Gasteiger partial charge is 0.119 e. The van der Waals surface area contributed by atoms with Crippen LogP contribution in [0.5, 0.6) is 5.75 Å². The van der Waals surface area contributed by atoms with Gasteiger partial charge in [-0.25, -0.2) is 4.39 Å². The van der Waals surface area contributed by atoms with Gasteiger partial charge in [-0.15, -0.1) is 0 Å². The van der Waals surface area contributed by atoms with Crippen molar-refractivity contribution in [3.8, 4) is 17.0 Å². The summed E-state index contributed by atoms with van der Waals surface area (Å²) in [4.78, 5) is 4.59. The summed E-state index contributed by atoms with van der Waals surface area (Å²) >= 11 is 0. The van der Waals surface area contributed by atoms with E-state index in [0.717, 1.165) is 54.9 Å². The van der Waals surface area contributed by atoms with E-state index < -0.39 is 6.17 Å². The summed E-state index contributed by atoms with van der Waals surface area (Å²) in [6.45, 7) is 5.21. The lowest BCUT2D eigenvalue weighted by molar-refractivity contribution is 0.287. The highest BCUT2D eigenvalue weighted by molar-refractivity contribution is 5.60. The van der Waals surface area contributed by atoms with Gasteiger partial charge in [0.1, 0.15) is 11.9 Å². The number of aromatic nitrogens is 1. The fourth-order valence-corrected chi connectivity index (χ4v) is 3.80. The molecule has 2 nitrogen and oxygen atoms in total. The van der Waals surface area contributed by atoms with E-state index in [9.17, 15) is 4.39 Å². The van der Waals surface area contributed by atoms with E-state index in [1.54, 1.807) is 0 Å². The van der Waals surface area contributed by atoms with Crippen LogP contribution in [0.1, 0.15) is 96.5 Å². The number of hydrogen-bond acceptors (Lipinski definition) is 2. The van der Waals surface area contributed by atoms with E-state index in [2.05, 4.69) is 37.0 Å². The lowest BCUT2D eigenvalue weighted by Crippen LogP contribution is -2.02. The first kappa shape index (κ1) is 25.4. The maximum absolute atomic E-state index is 14.0. The van der Waals surface area contributed by atoms with Gasteiger partial charge >= 0.3 is 0 Å². The predicted molar refractivity (Wildman–Crippen MR) is 131 cm³/mol. The molecule has 172 valence electrons.